The second-order valence-corrected chi connectivity index (χ2v) is 3.91. The van der Waals surface area contributed by atoms with E-state index in [9.17, 15) is 13.2 Å². The summed E-state index contributed by atoms with van der Waals surface area (Å²) in [5.41, 5.74) is 0. The average Bonchev–Trinajstić information content (AvgIpc) is 1.84. The van der Waals surface area contributed by atoms with E-state index in [2.05, 4.69) is 4.72 Å². The molecule has 12 heavy (non-hydrogen) atoms. The van der Waals surface area contributed by atoms with Crippen LogP contribution in [-0.2, 0) is 15.0 Å². The molecule has 6 heteroatoms. The third-order valence-electron chi connectivity index (χ3n) is 1.10. The molecule has 0 saturated heterocycles. The molecule has 2 N–H and O–H groups in total. The van der Waals surface area contributed by atoms with E-state index in [1.165, 1.54) is 0 Å². The van der Waals surface area contributed by atoms with E-state index in [1.807, 2.05) is 6.92 Å². The summed E-state index contributed by atoms with van der Waals surface area (Å²) < 4.78 is 25.8. The van der Waals surface area contributed by atoms with Crippen LogP contribution in [0.1, 0.15) is 26.7 Å². The molecule has 0 heterocycles. The SMILES string of the molecule is CCCCNS(=O)(=O)NC(C)=O. The van der Waals surface area contributed by atoms with Crippen LogP contribution >= 0.6 is 0 Å². The van der Waals surface area contributed by atoms with E-state index < -0.39 is 16.1 Å². The number of unbranched alkanes of at least 4 members (excludes halogenated alkanes) is 1. The summed E-state index contributed by atoms with van der Waals surface area (Å²) in [5, 5.41) is 0. The van der Waals surface area contributed by atoms with Crippen molar-refractivity contribution >= 4 is 16.1 Å². The van der Waals surface area contributed by atoms with E-state index in [-0.39, 0.29) is 0 Å². The first kappa shape index (κ1) is 11.4. The number of carbonyl (C=O) groups is 1. The molecule has 72 valence electrons. The van der Waals surface area contributed by atoms with E-state index in [0.717, 1.165) is 19.8 Å². The van der Waals surface area contributed by atoms with Gasteiger partial charge in [-0.1, -0.05) is 13.3 Å². The van der Waals surface area contributed by atoms with Crippen LogP contribution in [0, 0.1) is 0 Å². The van der Waals surface area contributed by atoms with E-state index in [4.69, 9.17) is 0 Å². The van der Waals surface area contributed by atoms with Crippen molar-refractivity contribution in [2.24, 2.45) is 0 Å². The summed E-state index contributed by atoms with van der Waals surface area (Å²) in [4.78, 5) is 10.4. The molecule has 0 aliphatic heterocycles. The van der Waals surface area contributed by atoms with Crippen LogP contribution in [0.3, 0.4) is 0 Å². The Morgan fingerprint density at radius 1 is 1.42 bits per heavy atom. The molecule has 0 aromatic rings. The number of hydrogen-bond donors (Lipinski definition) is 2. The summed E-state index contributed by atoms with van der Waals surface area (Å²) in [6.07, 6.45) is 1.67. The minimum atomic E-state index is -3.60. The fourth-order valence-electron chi connectivity index (χ4n) is 0.609. The van der Waals surface area contributed by atoms with Crippen LogP contribution in [0.25, 0.3) is 0 Å². The third-order valence-corrected chi connectivity index (χ3v) is 2.24. The van der Waals surface area contributed by atoms with Gasteiger partial charge in [0.25, 0.3) is 0 Å². The average molecular weight is 194 g/mol. The van der Waals surface area contributed by atoms with Crippen molar-refractivity contribution < 1.29 is 13.2 Å². The normalized spacial score (nSPS) is 11.2. The Bertz CT molecular complexity index is 235. The van der Waals surface area contributed by atoms with Gasteiger partial charge in [-0.15, -0.1) is 0 Å². The summed E-state index contributed by atoms with van der Waals surface area (Å²) >= 11 is 0. The minimum Gasteiger partial charge on any atom is -0.274 e. The van der Waals surface area contributed by atoms with Crippen LogP contribution in [0.4, 0.5) is 0 Å². The first-order chi connectivity index (χ1) is 5.48. The lowest BCUT2D eigenvalue weighted by molar-refractivity contribution is -0.117. The molecule has 0 rings (SSSR count). The summed E-state index contributed by atoms with van der Waals surface area (Å²) in [5.74, 6) is -0.584. The number of hydrogen-bond acceptors (Lipinski definition) is 3. The molecule has 5 nitrogen and oxygen atoms in total. The maximum atomic E-state index is 10.9. The quantitative estimate of drug-likeness (QED) is 0.593. The van der Waals surface area contributed by atoms with Gasteiger partial charge in [-0.2, -0.15) is 13.1 Å². The molecule has 0 atom stereocenters. The molecule has 0 fully saturated rings. The van der Waals surface area contributed by atoms with Crippen LogP contribution < -0.4 is 9.44 Å². The highest BCUT2D eigenvalue weighted by Crippen LogP contribution is 1.84. The first-order valence-electron chi connectivity index (χ1n) is 3.76. The molecule has 0 aliphatic rings. The highest BCUT2D eigenvalue weighted by atomic mass is 32.2. The van der Waals surface area contributed by atoms with Crippen molar-refractivity contribution in [3.8, 4) is 0 Å². The fraction of sp³-hybridized carbons (Fsp3) is 0.833. The lowest BCUT2D eigenvalue weighted by atomic mass is 10.3. The van der Waals surface area contributed by atoms with Gasteiger partial charge in [0.05, 0.1) is 0 Å². The lowest BCUT2D eigenvalue weighted by Crippen LogP contribution is -2.39. The molecule has 0 aliphatic carbocycles. The summed E-state index contributed by atoms with van der Waals surface area (Å²) in [6.45, 7) is 3.46. The molecule has 0 aromatic heterocycles. The Balaban J connectivity index is 3.81. The van der Waals surface area contributed by atoms with Crippen LogP contribution in [-0.4, -0.2) is 20.9 Å². The van der Waals surface area contributed by atoms with Crippen molar-refractivity contribution in [1.29, 1.82) is 0 Å². The Morgan fingerprint density at radius 3 is 2.42 bits per heavy atom. The predicted molar refractivity (Wildman–Crippen MR) is 45.6 cm³/mol. The zero-order valence-electron chi connectivity index (χ0n) is 7.25. The molecule has 0 bridgehead atoms. The smallest absolute Gasteiger partial charge is 0.274 e. The predicted octanol–water partition coefficient (Wildman–Crippen LogP) is -0.243. The number of rotatable bonds is 5. The Labute approximate surface area is 72.7 Å². The molecule has 0 unspecified atom stereocenters. The molecule has 0 spiro atoms. The van der Waals surface area contributed by atoms with Gasteiger partial charge in [0, 0.05) is 13.5 Å². The van der Waals surface area contributed by atoms with Crippen molar-refractivity contribution in [3.05, 3.63) is 0 Å². The van der Waals surface area contributed by atoms with Crippen molar-refractivity contribution in [3.63, 3.8) is 0 Å². The number of nitrogens with one attached hydrogen (secondary N) is 2. The lowest BCUT2D eigenvalue weighted by Gasteiger charge is -2.04. The van der Waals surface area contributed by atoms with Crippen LogP contribution in [0.15, 0.2) is 0 Å². The summed E-state index contributed by atoms with van der Waals surface area (Å²) in [7, 11) is -3.60. The van der Waals surface area contributed by atoms with Gasteiger partial charge in [-0.25, -0.2) is 4.72 Å². The standard InChI is InChI=1S/C6H14N2O3S/c1-3-4-5-7-12(10,11)8-6(2)9/h7H,3-5H2,1-2H3,(H,8,9). The number of amides is 1. The maximum absolute atomic E-state index is 10.9. The van der Waals surface area contributed by atoms with Crippen molar-refractivity contribution in [2.75, 3.05) is 6.54 Å². The monoisotopic (exact) mass is 194 g/mol. The van der Waals surface area contributed by atoms with Gasteiger partial charge in [0.2, 0.25) is 5.91 Å². The van der Waals surface area contributed by atoms with Crippen molar-refractivity contribution in [1.82, 2.24) is 9.44 Å². The van der Waals surface area contributed by atoms with E-state index in [1.54, 1.807) is 4.72 Å². The first-order valence-corrected chi connectivity index (χ1v) is 5.24. The van der Waals surface area contributed by atoms with E-state index in [0.29, 0.717) is 6.54 Å². The molecule has 0 saturated carbocycles. The van der Waals surface area contributed by atoms with Gasteiger partial charge in [-0.3, -0.25) is 4.79 Å². The number of carbonyl (C=O) groups excluding carboxylic acids is 1. The Hall–Kier alpha value is -0.620. The minimum absolute atomic E-state index is 0.360. The molecular weight excluding hydrogens is 180 g/mol. The van der Waals surface area contributed by atoms with Crippen LogP contribution in [0.2, 0.25) is 0 Å². The Morgan fingerprint density at radius 2 is 2.00 bits per heavy atom. The Kier molecular flexibility index (Phi) is 4.84. The second-order valence-electron chi connectivity index (χ2n) is 2.41. The highest BCUT2D eigenvalue weighted by molar-refractivity contribution is 7.88. The topological polar surface area (TPSA) is 75.3 Å². The second kappa shape index (κ2) is 5.10. The zero-order valence-corrected chi connectivity index (χ0v) is 8.07. The van der Waals surface area contributed by atoms with Gasteiger partial charge in [0.1, 0.15) is 0 Å². The van der Waals surface area contributed by atoms with E-state index >= 15 is 0 Å². The largest absolute Gasteiger partial charge is 0.301 e. The third kappa shape index (κ3) is 6.11. The van der Waals surface area contributed by atoms with Gasteiger partial charge in [-0.05, 0) is 6.42 Å². The van der Waals surface area contributed by atoms with Crippen LogP contribution in [0.5, 0.6) is 0 Å². The zero-order chi connectivity index (χ0) is 9.61. The molecule has 1 amide bonds. The fourth-order valence-corrected chi connectivity index (χ4v) is 1.47. The molecule has 0 aromatic carbocycles. The van der Waals surface area contributed by atoms with Gasteiger partial charge < -0.3 is 0 Å². The van der Waals surface area contributed by atoms with Crippen molar-refractivity contribution in [2.45, 2.75) is 26.7 Å². The van der Waals surface area contributed by atoms with Gasteiger partial charge in [0.15, 0.2) is 0 Å². The molecular formula is C6H14N2O3S. The van der Waals surface area contributed by atoms with Gasteiger partial charge >= 0.3 is 10.2 Å². The maximum Gasteiger partial charge on any atom is 0.301 e. The summed E-state index contributed by atoms with van der Waals surface area (Å²) in [6, 6.07) is 0. The molecule has 0 radical (unpaired) electrons. The highest BCUT2D eigenvalue weighted by Gasteiger charge is 2.08.